The van der Waals surface area contributed by atoms with E-state index in [4.69, 9.17) is 0 Å². The van der Waals surface area contributed by atoms with Crippen LogP contribution in [-0.2, 0) is 0 Å². The summed E-state index contributed by atoms with van der Waals surface area (Å²) in [5.74, 6) is 0.893. The predicted octanol–water partition coefficient (Wildman–Crippen LogP) is 4.08. The highest BCUT2D eigenvalue weighted by Gasteiger charge is 2.21. The smallest absolute Gasteiger partial charge is 0.0705 e. The van der Waals surface area contributed by atoms with E-state index in [1.165, 1.54) is 43.1 Å². The molecule has 1 aromatic heterocycles. The first kappa shape index (κ1) is 12.6. The third kappa shape index (κ3) is 2.64. The van der Waals surface area contributed by atoms with Crippen molar-refractivity contribution in [2.75, 3.05) is 7.05 Å². The van der Waals surface area contributed by atoms with Crippen molar-refractivity contribution in [2.45, 2.75) is 38.1 Å². The number of pyridine rings is 1. The molecule has 1 unspecified atom stereocenters. The van der Waals surface area contributed by atoms with Gasteiger partial charge in [0.15, 0.2) is 0 Å². The van der Waals surface area contributed by atoms with Crippen molar-refractivity contribution in [3.8, 4) is 0 Å². The first-order valence-corrected chi connectivity index (χ1v) is 7.39. The van der Waals surface area contributed by atoms with Gasteiger partial charge in [0.2, 0.25) is 0 Å². The Bertz CT molecular complexity index is 538. The summed E-state index contributed by atoms with van der Waals surface area (Å²) >= 11 is 0. The lowest BCUT2D eigenvalue weighted by atomic mass is 9.92. The molecule has 1 aromatic carbocycles. The molecular weight excluding hydrogens is 232 g/mol. The zero-order valence-corrected chi connectivity index (χ0v) is 11.6. The van der Waals surface area contributed by atoms with Gasteiger partial charge in [0.05, 0.1) is 5.52 Å². The molecule has 19 heavy (non-hydrogen) atoms. The normalized spacial score (nSPS) is 17.9. The fraction of sp³-hybridized carbons (Fsp3) is 0.471. The Hall–Kier alpha value is -1.41. The largest absolute Gasteiger partial charge is 0.313 e. The summed E-state index contributed by atoms with van der Waals surface area (Å²) in [6.45, 7) is 0. The predicted molar refractivity (Wildman–Crippen MR) is 80.1 cm³/mol. The summed E-state index contributed by atoms with van der Waals surface area (Å²) in [5.41, 5.74) is 2.51. The number of nitrogens with zero attached hydrogens (tertiary/aromatic N) is 1. The van der Waals surface area contributed by atoms with Crippen molar-refractivity contribution >= 4 is 10.9 Å². The molecule has 0 bridgehead atoms. The number of aromatic nitrogens is 1. The van der Waals surface area contributed by atoms with Crippen molar-refractivity contribution < 1.29 is 0 Å². The number of benzene rings is 1. The molecule has 100 valence electrons. The molecule has 0 saturated heterocycles. The van der Waals surface area contributed by atoms with Crippen molar-refractivity contribution in [3.63, 3.8) is 0 Å². The molecule has 2 heteroatoms. The van der Waals surface area contributed by atoms with Crippen LogP contribution in [0.15, 0.2) is 36.5 Å². The summed E-state index contributed by atoms with van der Waals surface area (Å²) in [6, 6.07) is 11.1. The van der Waals surface area contributed by atoms with Gasteiger partial charge < -0.3 is 5.32 Å². The fourth-order valence-corrected chi connectivity index (χ4v) is 3.40. The SMILES string of the molecule is CNC(CC1CCCC1)c1ccnc2ccccc12. The standard InChI is InChI=1S/C17H22N2/c1-18-17(12-13-6-2-3-7-13)15-10-11-19-16-9-5-4-8-14(15)16/h4-5,8-11,13,17-18H,2-3,6-7,12H2,1H3. The Labute approximate surface area is 115 Å². The topological polar surface area (TPSA) is 24.9 Å². The van der Waals surface area contributed by atoms with Crippen molar-refractivity contribution in [1.29, 1.82) is 0 Å². The molecule has 1 heterocycles. The molecule has 1 aliphatic rings. The van der Waals surface area contributed by atoms with Crippen LogP contribution >= 0.6 is 0 Å². The molecule has 1 aliphatic carbocycles. The van der Waals surface area contributed by atoms with Gasteiger partial charge in [0.1, 0.15) is 0 Å². The second kappa shape index (κ2) is 5.70. The van der Waals surface area contributed by atoms with E-state index in [2.05, 4.69) is 47.7 Å². The Morgan fingerprint density at radius 3 is 2.79 bits per heavy atom. The molecule has 1 N–H and O–H groups in total. The van der Waals surface area contributed by atoms with Crippen molar-refractivity contribution in [2.24, 2.45) is 5.92 Å². The van der Waals surface area contributed by atoms with Gasteiger partial charge >= 0.3 is 0 Å². The monoisotopic (exact) mass is 254 g/mol. The van der Waals surface area contributed by atoms with Crippen molar-refractivity contribution in [3.05, 3.63) is 42.1 Å². The highest BCUT2D eigenvalue weighted by Crippen LogP contribution is 2.34. The molecule has 0 aliphatic heterocycles. The number of fused-ring (bicyclic) bond motifs is 1. The Morgan fingerprint density at radius 2 is 2.00 bits per heavy atom. The Balaban J connectivity index is 1.91. The summed E-state index contributed by atoms with van der Waals surface area (Å²) in [6.07, 6.45) is 8.83. The maximum absolute atomic E-state index is 4.46. The number of hydrogen-bond donors (Lipinski definition) is 1. The van der Waals surface area contributed by atoms with E-state index >= 15 is 0 Å². The van der Waals surface area contributed by atoms with Crippen LogP contribution in [0.4, 0.5) is 0 Å². The maximum Gasteiger partial charge on any atom is 0.0705 e. The molecular formula is C17H22N2. The average molecular weight is 254 g/mol. The minimum atomic E-state index is 0.455. The molecule has 1 saturated carbocycles. The summed E-state index contributed by atoms with van der Waals surface area (Å²) < 4.78 is 0. The minimum Gasteiger partial charge on any atom is -0.313 e. The van der Waals surface area contributed by atoms with Gasteiger partial charge in [0.25, 0.3) is 0 Å². The van der Waals surface area contributed by atoms with E-state index in [9.17, 15) is 0 Å². The summed E-state index contributed by atoms with van der Waals surface area (Å²) in [4.78, 5) is 4.46. The quantitative estimate of drug-likeness (QED) is 0.889. The van der Waals surface area contributed by atoms with Gasteiger partial charge in [-0.3, -0.25) is 4.98 Å². The Kier molecular flexibility index (Phi) is 3.79. The molecule has 0 spiro atoms. The van der Waals surface area contributed by atoms with Gasteiger partial charge in [0, 0.05) is 17.6 Å². The molecule has 0 amide bonds. The van der Waals surface area contributed by atoms with E-state index in [-0.39, 0.29) is 0 Å². The van der Waals surface area contributed by atoms with Crippen LogP contribution in [-0.4, -0.2) is 12.0 Å². The van der Waals surface area contributed by atoms with E-state index in [0.29, 0.717) is 6.04 Å². The zero-order chi connectivity index (χ0) is 13.1. The lowest BCUT2D eigenvalue weighted by Gasteiger charge is -2.21. The van der Waals surface area contributed by atoms with Gasteiger partial charge in [-0.1, -0.05) is 43.9 Å². The molecule has 1 fully saturated rings. The van der Waals surface area contributed by atoms with Crippen LogP contribution < -0.4 is 5.32 Å². The first-order chi connectivity index (χ1) is 9.38. The number of rotatable bonds is 4. The zero-order valence-electron chi connectivity index (χ0n) is 11.6. The third-order valence-corrected chi connectivity index (χ3v) is 4.45. The van der Waals surface area contributed by atoms with E-state index in [1.807, 2.05) is 6.20 Å². The van der Waals surface area contributed by atoms with E-state index in [1.54, 1.807) is 0 Å². The second-order valence-corrected chi connectivity index (χ2v) is 5.64. The van der Waals surface area contributed by atoms with E-state index in [0.717, 1.165) is 11.4 Å². The average Bonchev–Trinajstić information content (AvgIpc) is 2.97. The van der Waals surface area contributed by atoms with Crippen LogP contribution in [0.1, 0.15) is 43.7 Å². The summed E-state index contributed by atoms with van der Waals surface area (Å²) in [7, 11) is 2.08. The lowest BCUT2D eigenvalue weighted by Crippen LogP contribution is -2.19. The second-order valence-electron chi connectivity index (χ2n) is 5.64. The maximum atomic E-state index is 4.46. The van der Waals surface area contributed by atoms with Crippen LogP contribution in [0.25, 0.3) is 10.9 Å². The molecule has 2 nitrogen and oxygen atoms in total. The molecule has 3 rings (SSSR count). The lowest BCUT2D eigenvalue weighted by molar-refractivity contribution is 0.415. The first-order valence-electron chi connectivity index (χ1n) is 7.39. The van der Waals surface area contributed by atoms with E-state index < -0.39 is 0 Å². The van der Waals surface area contributed by atoms with Crippen LogP contribution in [0, 0.1) is 5.92 Å². The highest BCUT2D eigenvalue weighted by molar-refractivity contribution is 5.82. The molecule has 0 radical (unpaired) electrons. The Morgan fingerprint density at radius 1 is 1.21 bits per heavy atom. The number of para-hydroxylation sites is 1. The number of hydrogen-bond acceptors (Lipinski definition) is 2. The fourth-order valence-electron chi connectivity index (χ4n) is 3.40. The van der Waals surface area contributed by atoms with Crippen molar-refractivity contribution in [1.82, 2.24) is 10.3 Å². The van der Waals surface area contributed by atoms with Gasteiger partial charge in [-0.2, -0.15) is 0 Å². The third-order valence-electron chi connectivity index (χ3n) is 4.45. The van der Waals surface area contributed by atoms with Gasteiger partial charge in [-0.15, -0.1) is 0 Å². The van der Waals surface area contributed by atoms with Gasteiger partial charge in [-0.05, 0) is 37.1 Å². The molecule has 2 aromatic rings. The molecule has 1 atom stereocenters. The summed E-state index contributed by atoms with van der Waals surface area (Å²) in [5, 5.41) is 4.80. The van der Waals surface area contributed by atoms with Crippen LogP contribution in [0.5, 0.6) is 0 Å². The minimum absolute atomic E-state index is 0.455. The van der Waals surface area contributed by atoms with Gasteiger partial charge in [-0.25, -0.2) is 0 Å². The number of nitrogens with one attached hydrogen (secondary N) is 1. The van der Waals surface area contributed by atoms with Crippen LogP contribution in [0.3, 0.4) is 0 Å². The highest BCUT2D eigenvalue weighted by atomic mass is 14.9. The van der Waals surface area contributed by atoms with Crippen LogP contribution in [0.2, 0.25) is 0 Å².